The van der Waals surface area contributed by atoms with Crippen LogP contribution in [0, 0.1) is 0 Å². The molecule has 0 aliphatic carbocycles. The van der Waals surface area contributed by atoms with E-state index in [1.165, 1.54) is 0 Å². The Morgan fingerprint density at radius 1 is 0.480 bits per heavy atom. The summed E-state index contributed by atoms with van der Waals surface area (Å²) >= 11 is 0. The number of anilines is 2. The first-order chi connectivity index (χ1) is 11.2. The molecule has 2 aromatic carbocycles. The maximum atomic E-state index is 14.5. The highest BCUT2D eigenvalue weighted by atomic mass is 19.4. The Morgan fingerprint density at radius 2 is 0.760 bits per heavy atom. The average Bonchev–Trinajstić information content (AvgIpc) is 2.44. The molecule has 10 heteroatoms. The number of nitrogen functional groups attached to an aromatic ring is 2. The summed E-state index contributed by atoms with van der Waals surface area (Å²) < 4.78 is 106. The Balaban J connectivity index is 2.63. The molecule has 0 unspecified atom stereocenters. The second kappa shape index (κ2) is 5.78. The number of hydrogen-bond acceptors (Lipinski definition) is 2. The molecule has 0 radical (unpaired) electrons. The second-order valence-electron chi connectivity index (χ2n) is 5.26. The third kappa shape index (κ3) is 3.94. The van der Waals surface area contributed by atoms with Crippen LogP contribution in [0.5, 0.6) is 0 Å². The molecule has 0 aliphatic rings. The van der Waals surface area contributed by atoms with Gasteiger partial charge in [0, 0.05) is 22.5 Å². The van der Waals surface area contributed by atoms with Crippen LogP contribution in [-0.2, 0) is 18.3 Å². The molecular weight excluding hydrogens is 360 g/mol. The van der Waals surface area contributed by atoms with Crippen LogP contribution in [0.2, 0.25) is 0 Å². The minimum atomic E-state index is -4.95. The van der Waals surface area contributed by atoms with E-state index in [2.05, 4.69) is 0 Å². The second-order valence-corrected chi connectivity index (χ2v) is 5.26. The van der Waals surface area contributed by atoms with Crippen LogP contribution < -0.4 is 11.5 Å². The standard InChI is InChI=1S/C15H10F8N2/c16-13(17,7-1-9(14(18,19)20)5-11(24)3-7)8-2-10(15(21,22)23)6-12(25)4-8/h1-6H,24-25H2. The van der Waals surface area contributed by atoms with Gasteiger partial charge in [-0.15, -0.1) is 0 Å². The molecule has 0 spiro atoms. The molecule has 0 amide bonds. The lowest BCUT2D eigenvalue weighted by atomic mass is 9.95. The Morgan fingerprint density at radius 3 is 1.04 bits per heavy atom. The van der Waals surface area contributed by atoms with Crippen molar-refractivity contribution >= 4 is 11.4 Å². The monoisotopic (exact) mass is 370 g/mol. The predicted octanol–water partition coefficient (Wildman–Crippen LogP) is 5.03. The Bertz CT molecular complexity index is 728. The maximum Gasteiger partial charge on any atom is 0.416 e. The van der Waals surface area contributed by atoms with E-state index < -0.39 is 51.9 Å². The third-order valence-electron chi connectivity index (χ3n) is 3.29. The molecule has 0 saturated carbocycles. The fraction of sp³-hybridized carbons (Fsp3) is 0.200. The summed E-state index contributed by atoms with van der Waals surface area (Å²) in [7, 11) is 0. The van der Waals surface area contributed by atoms with Crippen molar-refractivity contribution in [2.75, 3.05) is 11.5 Å². The number of halogens is 8. The van der Waals surface area contributed by atoms with Crippen LogP contribution in [0.1, 0.15) is 22.3 Å². The molecule has 2 nitrogen and oxygen atoms in total. The first-order valence-electron chi connectivity index (χ1n) is 6.55. The zero-order valence-corrected chi connectivity index (χ0v) is 12.1. The van der Waals surface area contributed by atoms with E-state index in [1.807, 2.05) is 0 Å². The van der Waals surface area contributed by atoms with Crippen LogP contribution in [0.15, 0.2) is 36.4 Å². The molecule has 136 valence electrons. The summed E-state index contributed by atoms with van der Waals surface area (Å²) in [6.45, 7) is 0. The minimum Gasteiger partial charge on any atom is -0.399 e. The molecule has 0 fully saturated rings. The summed E-state index contributed by atoms with van der Waals surface area (Å²) in [5, 5.41) is 0. The van der Waals surface area contributed by atoms with Gasteiger partial charge in [-0.2, -0.15) is 35.1 Å². The van der Waals surface area contributed by atoms with Crippen molar-refractivity contribution in [3.63, 3.8) is 0 Å². The van der Waals surface area contributed by atoms with Crippen molar-refractivity contribution < 1.29 is 35.1 Å². The number of nitrogens with two attached hydrogens (primary N) is 2. The lowest BCUT2D eigenvalue weighted by Crippen LogP contribution is -2.19. The summed E-state index contributed by atoms with van der Waals surface area (Å²) in [5.74, 6) is -4.18. The summed E-state index contributed by atoms with van der Waals surface area (Å²) in [4.78, 5) is 0. The first-order valence-corrected chi connectivity index (χ1v) is 6.55. The summed E-state index contributed by atoms with van der Waals surface area (Å²) in [6.07, 6.45) is -9.90. The molecule has 0 aliphatic heterocycles. The number of benzene rings is 2. The van der Waals surface area contributed by atoms with E-state index in [1.54, 1.807) is 0 Å². The van der Waals surface area contributed by atoms with Gasteiger partial charge in [-0.3, -0.25) is 0 Å². The van der Waals surface area contributed by atoms with Crippen LogP contribution in [0.4, 0.5) is 46.5 Å². The Kier molecular flexibility index (Phi) is 4.35. The van der Waals surface area contributed by atoms with Crippen LogP contribution in [-0.4, -0.2) is 0 Å². The van der Waals surface area contributed by atoms with E-state index in [9.17, 15) is 35.1 Å². The summed E-state index contributed by atoms with van der Waals surface area (Å²) in [5.41, 5.74) is 3.95. The largest absolute Gasteiger partial charge is 0.416 e. The fourth-order valence-electron chi connectivity index (χ4n) is 2.16. The highest BCUT2D eigenvalue weighted by Crippen LogP contribution is 2.42. The van der Waals surface area contributed by atoms with Gasteiger partial charge in [0.05, 0.1) is 11.1 Å². The topological polar surface area (TPSA) is 52.0 Å². The van der Waals surface area contributed by atoms with Crippen molar-refractivity contribution in [3.05, 3.63) is 58.7 Å². The molecule has 0 aromatic heterocycles. The van der Waals surface area contributed by atoms with Crippen LogP contribution in [0.25, 0.3) is 0 Å². The molecule has 0 atom stereocenters. The predicted molar refractivity (Wildman–Crippen MR) is 74.7 cm³/mol. The molecule has 0 saturated heterocycles. The van der Waals surface area contributed by atoms with Crippen LogP contribution in [0.3, 0.4) is 0 Å². The normalized spacial score (nSPS) is 13.1. The van der Waals surface area contributed by atoms with Gasteiger partial charge in [0.1, 0.15) is 0 Å². The molecular formula is C15H10F8N2. The quantitative estimate of drug-likeness (QED) is 0.576. The SMILES string of the molecule is Nc1cc(C(F)(F)F)cc(C(F)(F)c2cc(N)cc(C(F)(F)F)c2)c1. The molecule has 2 rings (SSSR count). The number of rotatable bonds is 2. The molecule has 25 heavy (non-hydrogen) atoms. The van der Waals surface area contributed by atoms with Crippen molar-refractivity contribution in [3.8, 4) is 0 Å². The van der Waals surface area contributed by atoms with Crippen molar-refractivity contribution in [2.24, 2.45) is 0 Å². The Hall–Kier alpha value is -2.52. The van der Waals surface area contributed by atoms with Crippen molar-refractivity contribution in [1.29, 1.82) is 0 Å². The fourth-order valence-corrected chi connectivity index (χ4v) is 2.16. The number of alkyl halides is 8. The van der Waals surface area contributed by atoms with E-state index in [0.29, 0.717) is 24.3 Å². The van der Waals surface area contributed by atoms with Crippen molar-refractivity contribution in [2.45, 2.75) is 18.3 Å². The van der Waals surface area contributed by atoms with Gasteiger partial charge in [0.15, 0.2) is 0 Å². The van der Waals surface area contributed by atoms with Crippen molar-refractivity contribution in [1.82, 2.24) is 0 Å². The van der Waals surface area contributed by atoms with Gasteiger partial charge >= 0.3 is 12.4 Å². The maximum absolute atomic E-state index is 14.5. The molecule has 0 bridgehead atoms. The molecule has 4 N–H and O–H groups in total. The zero-order valence-electron chi connectivity index (χ0n) is 12.1. The van der Waals surface area contributed by atoms with Gasteiger partial charge in [0.25, 0.3) is 5.92 Å². The molecule has 0 heterocycles. The van der Waals surface area contributed by atoms with E-state index in [-0.39, 0.29) is 12.1 Å². The van der Waals surface area contributed by atoms with Gasteiger partial charge in [0.2, 0.25) is 0 Å². The van der Waals surface area contributed by atoms with E-state index in [4.69, 9.17) is 11.5 Å². The van der Waals surface area contributed by atoms with E-state index in [0.717, 1.165) is 0 Å². The van der Waals surface area contributed by atoms with E-state index >= 15 is 0 Å². The minimum absolute atomic E-state index is 0.132. The van der Waals surface area contributed by atoms with Gasteiger partial charge in [-0.1, -0.05) is 0 Å². The van der Waals surface area contributed by atoms with Gasteiger partial charge in [-0.05, 0) is 36.4 Å². The van der Waals surface area contributed by atoms with Gasteiger partial charge < -0.3 is 11.5 Å². The lowest BCUT2D eigenvalue weighted by molar-refractivity contribution is -0.138. The summed E-state index contributed by atoms with van der Waals surface area (Å²) in [6, 6.07) is 2.27. The van der Waals surface area contributed by atoms with Gasteiger partial charge in [-0.25, -0.2) is 0 Å². The Labute approximate surface area is 136 Å². The highest BCUT2D eigenvalue weighted by Gasteiger charge is 2.40. The first kappa shape index (κ1) is 18.8. The number of hydrogen-bond donors (Lipinski definition) is 2. The van der Waals surface area contributed by atoms with Crippen LogP contribution >= 0.6 is 0 Å². The highest BCUT2D eigenvalue weighted by molar-refractivity contribution is 5.52. The third-order valence-corrected chi connectivity index (χ3v) is 3.29. The zero-order chi connectivity index (χ0) is 19.2. The molecule has 2 aromatic rings. The lowest BCUT2D eigenvalue weighted by Gasteiger charge is -2.21. The smallest absolute Gasteiger partial charge is 0.399 e. The average molecular weight is 370 g/mol.